The topological polar surface area (TPSA) is 80.8 Å². The number of aryl methyl sites for hydroxylation is 1. The number of carbonyl (C=O) groups is 1. The zero-order valence-corrected chi connectivity index (χ0v) is 14.0. The molecule has 2 aromatic carbocycles. The van der Waals surface area contributed by atoms with Crippen molar-refractivity contribution >= 4 is 22.4 Å². The second-order valence-corrected chi connectivity index (χ2v) is 6.39. The van der Waals surface area contributed by atoms with Crippen molar-refractivity contribution in [2.45, 2.75) is 6.92 Å². The predicted molar refractivity (Wildman–Crippen MR) is 95.1 cm³/mol. The molecular formula is C20H15NO5. The van der Waals surface area contributed by atoms with E-state index in [1.165, 1.54) is 0 Å². The minimum Gasteiger partial charge on any atom is -0.508 e. The zero-order chi connectivity index (χ0) is 17.8. The molecule has 0 fully saturated rings. The first kappa shape index (κ1) is 14.9. The lowest BCUT2D eigenvalue weighted by molar-refractivity contribution is -0.134. The second kappa shape index (κ2) is 5.29. The summed E-state index contributed by atoms with van der Waals surface area (Å²) in [6.45, 7) is 2.06. The number of hydrogen-bond donors (Lipinski definition) is 2. The van der Waals surface area contributed by atoms with Gasteiger partial charge >= 0.3 is 5.97 Å². The van der Waals surface area contributed by atoms with E-state index in [0.29, 0.717) is 17.1 Å². The molecule has 6 heteroatoms. The van der Waals surface area contributed by atoms with Gasteiger partial charge in [-0.15, -0.1) is 0 Å². The Hall–Kier alpha value is -3.41. The molecule has 130 valence electrons. The molecule has 1 aromatic heterocycles. The fraction of sp³-hybridized carbons (Fsp3) is 0.150. The summed E-state index contributed by atoms with van der Waals surface area (Å²) >= 11 is 0. The van der Waals surface area contributed by atoms with E-state index in [2.05, 4.69) is 4.98 Å². The highest BCUT2D eigenvalue weighted by Crippen LogP contribution is 2.43. The normalized spacial score (nSPS) is 15.8. The summed E-state index contributed by atoms with van der Waals surface area (Å²) < 4.78 is 15.9. The van der Waals surface area contributed by atoms with Crippen LogP contribution in [0, 0.1) is 6.92 Å². The Labute approximate surface area is 148 Å². The summed E-state index contributed by atoms with van der Waals surface area (Å²) in [5.41, 5.74) is 4.37. The Balaban J connectivity index is 1.84. The minimum absolute atomic E-state index is 0.0677. The molecule has 0 spiro atoms. The highest BCUT2D eigenvalue weighted by atomic mass is 16.7. The van der Waals surface area contributed by atoms with Crippen LogP contribution < -0.4 is 9.47 Å². The van der Waals surface area contributed by atoms with Crippen LogP contribution in [0.25, 0.3) is 27.7 Å². The molecule has 0 saturated heterocycles. The fourth-order valence-corrected chi connectivity index (χ4v) is 3.42. The third-order valence-electron chi connectivity index (χ3n) is 4.71. The molecule has 2 N–H and O–H groups in total. The van der Waals surface area contributed by atoms with Crippen molar-refractivity contribution in [3.63, 3.8) is 0 Å². The Morgan fingerprint density at radius 3 is 2.46 bits per heavy atom. The van der Waals surface area contributed by atoms with Gasteiger partial charge < -0.3 is 24.3 Å². The van der Waals surface area contributed by atoms with Gasteiger partial charge in [0.2, 0.25) is 6.79 Å². The summed E-state index contributed by atoms with van der Waals surface area (Å²) in [5, 5.41) is 11.0. The number of esters is 1. The Morgan fingerprint density at radius 2 is 1.77 bits per heavy atom. The molecule has 3 aromatic rings. The van der Waals surface area contributed by atoms with Crippen LogP contribution in [0.4, 0.5) is 0 Å². The van der Waals surface area contributed by atoms with E-state index in [1.807, 2.05) is 43.3 Å². The van der Waals surface area contributed by atoms with Crippen molar-refractivity contribution in [1.82, 2.24) is 4.98 Å². The van der Waals surface area contributed by atoms with E-state index >= 15 is 0 Å². The third kappa shape index (κ3) is 2.08. The SMILES string of the molecule is Cc1ccc(-c2[nH]c3cc4c(cc3c2C2=C(O)COC2=O)OCO4)cc1. The van der Waals surface area contributed by atoms with Crippen LogP contribution in [0.15, 0.2) is 42.2 Å². The van der Waals surface area contributed by atoms with Gasteiger partial charge in [-0.2, -0.15) is 0 Å². The predicted octanol–water partition coefficient (Wildman–Crippen LogP) is 3.70. The van der Waals surface area contributed by atoms with Gasteiger partial charge in [0, 0.05) is 17.0 Å². The number of cyclic esters (lactones) is 1. The lowest BCUT2D eigenvalue weighted by Crippen LogP contribution is -2.00. The quantitative estimate of drug-likeness (QED) is 0.690. The number of hydrogen-bond acceptors (Lipinski definition) is 5. The molecule has 0 bridgehead atoms. The standard InChI is InChI=1S/C20H15NO5/c1-10-2-4-11(5-3-10)19-17(18-14(22)8-24-20(18)23)12-6-15-16(26-9-25-15)7-13(12)21-19/h2-7,21-22H,8-9H2,1H3. The number of fused-ring (bicyclic) bond motifs is 2. The van der Waals surface area contributed by atoms with E-state index in [9.17, 15) is 9.90 Å². The molecule has 0 unspecified atom stereocenters. The first-order valence-corrected chi connectivity index (χ1v) is 8.24. The van der Waals surface area contributed by atoms with E-state index in [1.54, 1.807) is 0 Å². The van der Waals surface area contributed by atoms with Gasteiger partial charge in [-0.25, -0.2) is 4.79 Å². The van der Waals surface area contributed by atoms with E-state index in [-0.39, 0.29) is 24.7 Å². The highest BCUT2D eigenvalue weighted by molar-refractivity contribution is 6.24. The number of H-pyrrole nitrogens is 1. The molecule has 0 radical (unpaired) electrons. The van der Waals surface area contributed by atoms with Gasteiger partial charge in [0.05, 0.1) is 11.2 Å². The molecule has 0 amide bonds. The number of aromatic nitrogens is 1. The van der Waals surface area contributed by atoms with Gasteiger partial charge in [-0.05, 0) is 18.6 Å². The van der Waals surface area contributed by atoms with Crippen molar-refractivity contribution < 1.29 is 24.1 Å². The first-order chi connectivity index (χ1) is 12.6. The van der Waals surface area contributed by atoms with E-state index in [4.69, 9.17) is 14.2 Å². The molecule has 6 nitrogen and oxygen atoms in total. The van der Waals surface area contributed by atoms with Gasteiger partial charge in [0.25, 0.3) is 0 Å². The van der Waals surface area contributed by atoms with Gasteiger partial charge in [-0.1, -0.05) is 29.8 Å². The highest BCUT2D eigenvalue weighted by Gasteiger charge is 2.32. The smallest absolute Gasteiger partial charge is 0.342 e. The van der Waals surface area contributed by atoms with Crippen LogP contribution in [0.5, 0.6) is 11.5 Å². The third-order valence-corrected chi connectivity index (χ3v) is 4.71. The Bertz CT molecular complexity index is 1090. The molecule has 3 heterocycles. The summed E-state index contributed by atoms with van der Waals surface area (Å²) in [5.74, 6) is 0.656. The molecule has 0 aliphatic carbocycles. The number of aromatic amines is 1. The summed E-state index contributed by atoms with van der Waals surface area (Å²) in [7, 11) is 0. The maximum Gasteiger partial charge on any atom is 0.342 e. The first-order valence-electron chi connectivity index (χ1n) is 8.24. The molecule has 0 saturated carbocycles. The molecule has 5 rings (SSSR count). The number of aliphatic hydroxyl groups excluding tert-OH is 1. The van der Waals surface area contributed by atoms with Gasteiger partial charge in [-0.3, -0.25) is 0 Å². The fourth-order valence-electron chi connectivity index (χ4n) is 3.42. The Morgan fingerprint density at radius 1 is 1.04 bits per heavy atom. The van der Waals surface area contributed by atoms with Gasteiger partial charge in [0.15, 0.2) is 11.5 Å². The number of ether oxygens (including phenoxy) is 3. The lowest BCUT2D eigenvalue weighted by Gasteiger charge is -2.06. The molecule has 0 atom stereocenters. The largest absolute Gasteiger partial charge is 0.508 e. The number of benzene rings is 2. The maximum atomic E-state index is 12.3. The lowest BCUT2D eigenvalue weighted by atomic mass is 9.97. The summed E-state index contributed by atoms with van der Waals surface area (Å²) in [6, 6.07) is 11.6. The van der Waals surface area contributed by atoms with Crippen LogP contribution in [-0.4, -0.2) is 29.5 Å². The zero-order valence-electron chi connectivity index (χ0n) is 14.0. The molecular weight excluding hydrogens is 334 g/mol. The van der Waals surface area contributed by atoms with Crippen molar-refractivity contribution in [3.05, 3.63) is 53.3 Å². The van der Waals surface area contributed by atoms with Crippen molar-refractivity contribution in [2.75, 3.05) is 13.4 Å². The Kier molecular flexibility index (Phi) is 3.03. The number of aliphatic hydroxyl groups is 1. The second-order valence-electron chi connectivity index (χ2n) is 6.39. The van der Waals surface area contributed by atoms with E-state index < -0.39 is 5.97 Å². The van der Waals surface area contributed by atoms with Crippen molar-refractivity contribution in [2.24, 2.45) is 0 Å². The summed E-state index contributed by atoms with van der Waals surface area (Å²) in [6.07, 6.45) is 0. The van der Waals surface area contributed by atoms with Crippen LogP contribution >= 0.6 is 0 Å². The molecule has 26 heavy (non-hydrogen) atoms. The average molecular weight is 349 g/mol. The molecule has 2 aliphatic rings. The van der Waals surface area contributed by atoms with Crippen molar-refractivity contribution in [1.29, 1.82) is 0 Å². The van der Waals surface area contributed by atoms with Crippen LogP contribution in [-0.2, 0) is 9.53 Å². The van der Waals surface area contributed by atoms with Crippen LogP contribution in [0.1, 0.15) is 11.1 Å². The van der Waals surface area contributed by atoms with Crippen LogP contribution in [0.3, 0.4) is 0 Å². The number of nitrogens with one attached hydrogen (secondary N) is 1. The summed E-state index contributed by atoms with van der Waals surface area (Å²) in [4.78, 5) is 15.6. The van der Waals surface area contributed by atoms with E-state index in [0.717, 1.165) is 27.7 Å². The number of rotatable bonds is 2. The number of carbonyl (C=O) groups excluding carboxylic acids is 1. The monoisotopic (exact) mass is 349 g/mol. The van der Waals surface area contributed by atoms with Crippen LogP contribution in [0.2, 0.25) is 0 Å². The minimum atomic E-state index is -0.533. The molecule has 2 aliphatic heterocycles. The van der Waals surface area contributed by atoms with Crippen molar-refractivity contribution in [3.8, 4) is 22.8 Å². The maximum absolute atomic E-state index is 12.3. The van der Waals surface area contributed by atoms with Gasteiger partial charge in [0.1, 0.15) is 17.9 Å². The average Bonchev–Trinajstić information content (AvgIpc) is 3.31.